The minimum Gasteiger partial charge on any atom is -0.352 e. The van der Waals surface area contributed by atoms with Gasteiger partial charge in [-0.05, 0) is 74.0 Å². The molecule has 4 saturated carbocycles. The number of benzene rings is 1. The molecule has 0 atom stereocenters. The van der Waals surface area contributed by atoms with E-state index in [4.69, 9.17) is 0 Å². The van der Waals surface area contributed by atoms with Crippen LogP contribution in [0.3, 0.4) is 0 Å². The summed E-state index contributed by atoms with van der Waals surface area (Å²) in [6, 6.07) is 9.17. The lowest BCUT2D eigenvalue weighted by molar-refractivity contribution is -0.146. The zero-order valence-electron chi connectivity index (χ0n) is 16.9. The van der Waals surface area contributed by atoms with Crippen LogP contribution in [0.1, 0.15) is 54.4 Å². The van der Waals surface area contributed by atoms with Gasteiger partial charge in [-0.1, -0.05) is 12.1 Å². The van der Waals surface area contributed by atoms with E-state index in [-0.39, 0.29) is 17.2 Å². The Hall–Kier alpha value is -2.63. The first-order valence-electron chi connectivity index (χ1n) is 10.7. The molecule has 2 N–H and O–H groups in total. The third-order valence-electron chi connectivity index (χ3n) is 7.14. The number of carbonyl (C=O) groups excluding carboxylic acids is 2. The van der Waals surface area contributed by atoms with Gasteiger partial charge in [0.25, 0.3) is 5.91 Å². The zero-order valence-corrected chi connectivity index (χ0v) is 16.9. The van der Waals surface area contributed by atoms with Gasteiger partial charge >= 0.3 is 0 Å². The number of aromatic nitrogens is 2. The van der Waals surface area contributed by atoms with Crippen LogP contribution >= 0.6 is 0 Å². The number of nitrogens with one attached hydrogen (secondary N) is 2. The maximum Gasteiger partial charge on any atom is 0.256 e. The van der Waals surface area contributed by atoms with Crippen molar-refractivity contribution < 1.29 is 9.59 Å². The summed E-state index contributed by atoms with van der Waals surface area (Å²) in [5.41, 5.74) is 1.47. The van der Waals surface area contributed by atoms with Crippen molar-refractivity contribution in [3.8, 4) is 0 Å². The molecule has 0 aliphatic heterocycles. The van der Waals surface area contributed by atoms with Gasteiger partial charge in [-0.15, -0.1) is 0 Å². The molecule has 1 aromatic heterocycles. The van der Waals surface area contributed by atoms with Gasteiger partial charge in [-0.2, -0.15) is 5.10 Å². The van der Waals surface area contributed by atoms with Gasteiger partial charge in [-0.25, -0.2) is 0 Å². The number of aryl methyl sites for hydroxylation is 1. The highest BCUT2D eigenvalue weighted by atomic mass is 16.2. The summed E-state index contributed by atoms with van der Waals surface area (Å²) in [7, 11) is 1.81. The van der Waals surface area contributed by atoms with E-state index in [1.807, 2.05) is 19.2 Å². The lowest BCUT2D eigenvalue weighted by atomic mass is 9.49. The molecule has 6 heteroatoms. The third-order valence-corrected chi connectivity index (χ3v) is 7.14. The second kappa shape index (κ2) is 7.01. The number of carbonyl (C=O) groups is 2. The molecule has 0 saturated heterocycles. The quantitative estimate of drug-likeness (QED) is 0.818. The van der Waals surface area contributed by atoms with Crippen LogP contribution in [0.5, 0.6) is 0 Å². The van der Waals surface area contributed by atoms with E-state index in [0.717, 1.165) is 42.6 Å². The zero-order chi connectivity index (χ0) is 20.0. The van der Waals surface area contributed by atoms with E-state index >= 15 is 0 Å². The topological polar surface area (TPSA) is 76.0 Å². The highest BCUT2D eigenvalue weighted by Gasteiger charge is 2.54. The first-order chi connectivity index (χ1) is 14.0. The molecule has 2 aromatic rings. The molecule has 4 aliphatic carbocycles. The van der Waals surface area contributed by atoms with Crippen molar-refractivity contribution in [1.82, 2.24) is 15.1 Å². The van der Waals surface area contributed by atoms with E-state index in [2.05, 4.69) is 15.7 Å². The second-order valence-corrected chi connectivity index (χ2v) is 9.41. The van der Waals surface area contributed by atoms with Crippen LogP contribution < -0.4 is 10.6 Å². The molecule has 6 rings (SSSR count). The summed E-state index contributed by atoms with van der Waals surface area (Å²) in [5.74, 6) is 2.89. The molecule has 4 fully saturated rings. The van der Waals surface area contributed by atoms with Crippen LogP contribution in [0.4, 0.5) is 5.82 Å². The molecular weight excluding hydrogens is 364 g/mol. The molecule has 1 aromatic carbocycles. The summed E-state index contributed by atoms with van der Waals surface area (Å²) in [6.07, 6.45) is 9.05. The monoisotopic (exact) mass is 392 g/mol. The predicted octanol–water partition coefficient (Wildman–Crippen LogP) is 3.51. The largest absolute Gasteiger partial charge is 0.352 e. The van der Waals surface area contributed by atoms with Crippen LogP contribution in [-0.4, -0.2) is 21.6 Å². The van der Waals surface area contributed by atoms with Crippen LogP contribution in [0.15, 0.2) is 36.5 Å². The lowest BCUT2D eigenvalue weighted by Gasteiger charge is -2.55. The average molecular weight is 393 g/mol. The average Bonchev–Trinajstić information content (AvgIpc) is 3.10. The summed E-state index contributed by atoms with van der Waals surface area (Å²) >= 11 is 0. The van der Waals surface area contributed by atoms with Gasteiger partial charge in [0.15, 0.2) is 5.82 Å². The normalized spacial score (nSPS) is 29.6. The number of hydrogen-bond acceptors (Lipinski definition) is 3. The minimum atomic E-state index is -0.187. The Balaban J connectivity index is 1.18. The smallest absolute Gasteiger partial charge is 0.256 e. The Bertz CT molecular complexity index is 895. The number of hydrogen-bond donors (Lipinski definition) is 2. The molecular formula is C23H28N4O2. The molecule has 29 heavy (non-hydrogen) atoms. The van der Waals surface area contributed by atoms with E-state index in [1.165, 1.54) is 19.3 Å². The molecule has 4 aliphatic rings. The number of amides is 2. The highest BCUT2D eigenvalue weighted by molar-refractivity contribution is 6.03. The summed E-state index contributed by atoms with van der Waals surface area (Å²) in [6.45, 7) is 0.517. The summed E-state index contributed by atoms with van der Waals surface area (Å²) < 4.78 is 1.64. The minimum absolute atomic E-state index is 0.114. The molecule has 4 bridgehead atoms. The SMILES string of the molecule is Cn1ccc(NC(=O)c2ccc(CNC(=O)C34CC5CC(CC(C5)C3)C4)cc2)n1. The first kappa shape index (κ1) is 18.4. The van der Waals surface area contributed by atoms with Crippen molar-refractivity contribution in [2.45, 2.75) is 45.1 Å². The standard InChI is InChI=1S/C23H28N4O2/c1-27-7-6-20(26-27)25-21(28)19-4-2-15(3-5-19)14-24-22(29)23-11-16-8-17(12-23)10-18(9-16)13-23/h2-7,16-18H,8-14H2,1H3,(H,24,29)(H,25,26,28). The van der Waals surface area contributed by atoms with Gasteiger partial charge in [0.2, 0.25) is 5.91 Å². The first-order valence-corrected chi connectivity index (χ1v) is 10.7. The van der Waals surface area contributed by atoms with Crippen molar-refractivity contribution in [3.05, 3.63) is 47.7 Å². The van der Waals surface area contributed by atoms with Gasteiger partial charge in [0.1, 0.15) is 0 Å². The summed E-state index contributed by atoms with van der Waals surface area (Å²) in [5, 5.41) is 10.1. The lowest BCUT2D eigenvalue weighted by Crippen LogP contribution is -2.53. The van der Waals surface area contributed by atoms with Gasteiger partial charge < -0.3 is 10.6 Å². The molecule has 0 radical (unpaired) electrons. The van der Waals surface area contributed by atoms with Crippen LogP contribution in [0.25, 0.3) is 0 Å². The van der Waals surface area contributed by atoms with Crippen molar-refractivity contribution in [2.24, 2.45) is 30.2 Å². The van der Waals surface area contributed by atoms with Crippen molar-refractivity contribution >= 4 is 17.6 Å². The fraction of sp³-hybridized carbons (Fsp3) is 0.522. The number of nitrogens with zero attached hydrogens (tertiary/aromatic N) is 2. The van der Waals surface area contributed by atoms with Crippen LogP contribution in [0, 0.1) is 23.2 Å². The van der Waals surface area contributed by atoms with Gasteiger partial charge in [0.05, 0.1) is 0 Å². The second-order valence-electron chi connectivity index (χ2n) is 9.41. The Labute approximate surface area is 171 Å². The van der Waals surface area contributed by atoms with Crippen molar-refractivity contribution in [3.63, 3.8) is 0 Å². The number of anilines is 1. The summed E-state index contributed by atoms with van der Waals surface area (Å²) in [4.78, 5) is 25.4. The predicted molar refractivity (Wildman–Crippen MR) is 110 cm³/mol. The number of rotatable bonds is 5. The van der Waals surface area contributed by atoms with E-state index in [9.17, 15) is 9.59 Å². The van der Waals surface area contributed by atoms with Gasteiger partial charge in [-0.3, -0.25) is 14.3 Å². The Morgan fingerprint density at radius 3 is 2.21 bits per heavy atom. The molecule has 152 valence electrons. The van der Waals surface area contributed by atoms with Gasteiger partial charge in [0, 0.05) is 36.8 Å². The fourth-order valence-electron chi connectivity index (χ4n) is 6.20. The molecule has 1 heterocycles. The van der Waals surface area contributed by atoms with Crippen LogP contribution in [0.2, 0.25) is 0 Å². The highest BCUT2D eigenvalue weighted by Crippen LogP contribution is 2.60. The molecule has 0 unspecified atom stereocenters. The Morgan fingerprint density at radius 2 is 1.66 bits per heavy atom. The van der Waals surface area contributed by atoms with E-state index < -0.39 is 0 Å². The third kappa shape index (κ3) is 3.56. The molecule has 6 nitrogen and oxygen atoms in total. The fourth-order valence-corrected chi connectivity index (χ4v) is 6.20. The maximum absolute atomic E-state index is 13.1. The van der Waals surface area contributed by atoms with Crippen LogP contribution in [-0.2, 0) is 18.4 Å². The Morgan fingerprint density at radius 1 is 1.03 bits per heavy atom. The van der Waals surface area contributed by atoms with E-state index in [1.54, 1.807) is 29.1 Å². The molecule has 0 spiro atoms. The maximum atomic E-state index is 13.1. The van der Waals surface area contributed by atoms with Crippen molar-refractivity contribution in [2.75, 3.05) is 5.32 Å². The molecule has 2 amide bonds. The van der Waals surface area contributed by atoms with Crippen molar-refractivity contribution in [1.29, 1.82) is 0 Å². The Kier molecular flexibility index (Phi) is 4.45. The van der Waals surface area contributed by atoms with E-state index in [0.29, 0.717) is 17.9 Å².